The lowest BCUT2D eigenvalue weighted by molar-refractivity contribution is -0.149. The molecule has 0 heterocycles. The fraction of sp³-hybridized carbons (Fsp3) is 0.750. The number of hydrogen-bond acceptors (Lipinski definition) is 2. The molecule has 0 radical (unpaired) electrons. The maximum absolute atomic E-state index is 12.0. The van der Waals surface area contributed by atoms with Gasteiger partial charge in [0.2, 0.25) is 0 Å². The van der Waals surface area contributed by atoms with Gasteiger partial charge >= 0.3 is 5.97 Å². The second-order valence-electron chi connectivity index (χ2n) is 7.32. The highest BCUT2D eigenvalue weighted by molar-refractivity contribution is 5.78. The zero-order chi connectivity index (χ0) is 17.3. The Balaban J connectivity index is 2.62. The highest BCUT2D eigenvalue weighted by Crippen LogP contribution is 2.42. The zero-order valence-electron chi connectivity index (χ0n) is 15.3. The molecule has 3 heteroatoms. The molecule has 3 nitrogen and oxygen atoms in total. The number of hydrogen-bond donors (Lipinski definition) is 1. The van der Waals surface area contributed by atoms with E-state index in [0.717, 1.165) is 37.2 Å². The Bertz CT molecular complexity index is 423. The summed E-state index contributed by atoms with van der Waals surface area (Å²) in [6, 6.07) is 0. The molecule has 1 rings (SSSR count). The molecule has 1 N–H and O–H groups in total. The summed E-state index contributed by atoms with van der Waals surface area (Å²) in [6.45, 7) is 7.14. The molecule has 0 saturated heterocycles. The first-order valence-corrected chi connectivity index (χ1v) is 9.02. The van der Waals surface area contributed by atoms with E-state index < -0.39 is 11.4 Å². The smallest absolute Gasteiger partial charge is 0.314 e. The standard InChI is InChI=1S/C20H34O3/c1-16(2)9-7-5-6-8-12-20(19(21)22)13-10-17(3)15-18(20)11-14-23-4/h10,13,15-16,18H,5-9,11-12,14H2,1-4H3,(H,21,22). The summed E-state index contributed by atoms with van der Waals surface area (Å²) >= 11 is 0. The van der Waals surface area contributed by atoms with E-state index in [0.29, 0.717) is 6.61 Å². The van der Waals surface area contributed by atoms with Gasteiger partial charge < -0.3 is 9.84 Å². The van der Waals surface area contributed by atoms with E-state index in [-0.39, 0.29) is 5.92 Å². The van der Waals surface area contributed by atoms with Crippen molar-refractivity contribution in [3.05, 3.63) is 23.8 Å². The van der Waals surface area contributed by atoms with Crippen molar-refractivity contribution in [2.45, 2.75) is 65.7 Å². The van der Waals surface area contributed by atoms with Gasteiger partial charge in [0.15, 0.2) is 0 Å². The summed E-state index contributed by atoms with van der Waals surface area (Å²) in [5.41, 5.74) is 0.399. The molecule has 0 aromatic carbocycles. The average molecular weight is 322 g/mol. The number of allylic oxidation sites excluding steroid dienone is 3. The molecule has 0 aromatic heterocycles. The van der Waals surface area contributed by atoms with Gasteiger partial charge in [-0.15, -0.1) is 0 Å². The van der Waals surface area contributed by atoms with E-state index >= 15 is 0 Å². The van der Waals surface area contributed by atoms with Gasteiger partial charge in [-0.3, -0.25) is 4.79 Å². The monoisotopic (exact) mass is 322 g/mol. The fourth-order valence-corrected chi connectivity index (χ4v) is 3.44. The van der Waals surface area contributed by atoms with Gasteiger partial charge in [-0.1, -0.05) is 69.8 Å². The van der Waals surface area contributed by atoms with Gasteiger partial charge in [-0.25, -0.2) is 0 Å². The Labute approximate surface area is 141 Å². The van der Waals surface area contributed by atoms with E-state index in [1.54, 1.807) is 7.11 Å². The van der Waals surface area contributed by atoms with Crippen LogP contribution in [-0.4, -0.2) is 24.8 Å². The lowest BCUT2D eigenvalue weighted by Gasteiger charge is -2.36. The molecule has 0 aliphatic heterocycles. The summed E-state index contributed by atoms with van der Waals surface area (Å²) in [5.74, 6) is 0.0922. The topological polar surface area (TPSA) is 46.5 Å². The second kappa shape index (κ2) is 9.92. The summed E-state index contributed by atoms with van der Waals surface area (Å²) in [4.78, 5) is 12.0. The first-order valence-electron chi connectivity index (χ1n) is 9.02. The molecule has 0 bridgehead atoms. The summed E-state index contributed by atoms with van der Waals surface area (Å²) in [6.07, 6.45) is 13.3. The van der Waals surface area contributed by atoms with Crippen LogP contribution in [0.4, 0.5) is 0 Å². The molecule has 2 atom stereocenters. The van der Waals surface area contributed by atoms with Crippen molar-refractivity contribution in [1.82, 2.24) is 0 Å². The number of ether oxygens (including phenoxy) is 1. The van der Waals surface area contributed by atoms with Crippen LogP contribution in [0.1, 0.15) is 65.7 Å². The maximum atomic E-state index is 12.0. The first-order chi connectivity index (χ1) is 10.9. The third-order valence-electron chi connectivity index (χ3n) is 4.92. The molecule has 23 heavy (non-hydrogen) atoms. The average Bonchev–Trinajstić information content (AvgIpc) is 2.49. The number of rotatable bonds is 11. The quantitative estimate of drug-likeness (QED) is 0.530. The van der Waals surface area contributed by atoms with Gasteiger partial charge in [0.25, 0.3) is 0 Å². The number of unbranched alkanes of at least 4 members (excludes halogenated alkanes) is 3. The highest BCUT2D eigenvalue weighted by atomic mass is 16.5. The van der Waals surface area contributed by atoms with E-state index in [1.165, 1.54) is 19.3 Å². The molecule has 1 aliphatic carbocycles. The Morgan fingerprint density at radius 1 is 1.30 bits per heavy atom. The van der Waals surface area contributed by atoms with Crippen molar-refractivity contribution in [2.75, 3.05) is 13.7 Å². The Morgan fingerprint density at radius 3 is 2.61 bits per heavy atom. The highest BCUT2D eigenvalue weighted by Gasteiger charge is 2.43. The van der Waals surface area contributed by atoms with Crippen LogP contribution >= 0.6 is 0 Å². The van der Waals surface area contributed by atoms with Crippen LogP contribution in [-0.2, 0) is 9.53 Å². The van der Waals surface area contributed by atoms with Crippen molar-refractivity contribution >= 4 is 5.97 Å². The third kappa shape index (κ3) is 6.14. The van der Waals surface area contributed by atoms with Crippen LogP contribution in [0, 0.1) is 17.3 Å². The number of carbonyl (C=O) groups is 1. The number of aliphatic carboxylic acids is 1. The molecule has 0 amide bonds. The summed E-state index contributed by atoms with van der Waals surface area (Å²) < 4.78 is 5.19. The van der Waals surface area contributed by atoms with Crippen LogP contribution in [0.25, 0.3) is 0 Å². The molecule has 0 saturated carbocycles. The molecule has 0 spiro atoms. The van der Waals surface area contributed by atoms with E-state index in [2.05, 4.69) is 19.9 Å². The van der Waals surface area contributed by atoms with Crippen LogP contribution in [0.5, 0.6) is 0 Å². The SMILES string of the molecule is COCCC1C=C(C)C=CC1(CCCCCCC(C)C)C(=O)O. The Hall–Kier alpha value is -1.09. The lowest BCUT2D eigenvalue weighted by atomic mass is 9.67. The van der Waals surface area contributed by atoms with Crippen molar-refractivity contribution in [2.24, 2.45) is 17.3 Å². The molecule has 2 unspecified atom stereocenters. The number of methoxy groups -OCH3 is 1. The van der Waals surface area contributed by atoms with E-state index in [4.69, 9.17) is 4.74 Å². The first kappa shape index (κ1) is 20.0. The fourth-order valence-electron chi connectivity index (χ4n) is 3.44. The number of carboxylic acid groups (broad SMARTS) is 1. The predicted octanol–water partition coefficient (Wildman–Crippen LogP) is 5.22. The van der Waals surface area contributed by atoms with E-state index in [1.807, 2.05) is 19.1 Å². The molecule has 0 fully saturated rings. The van der Waals surface area contributed by atoms with Gasteiger partial charge in [-0.05, 0) is 31.6 Å². The molecule has 132 valence electrons. The van der Waals surface area contributed by atoms with Gasteiger partial charge in [0, 0.05) is 13.7 Å². The van der Waals surface area contributed by atoms with Gasteiger partial charge in [0.1, 0.15) is 0 Å². The normalized spacial score (nSPS) is 24.0. The largest absolute Gasteiger partial charge is 0.481 e. The van der Waals surface area contributed by atoms with Crippen molar-refractivity contribution in [3.63, 3.8) is 0 Å². The van der Waals surface area contributed by atoms with Crippen LogP contribution in [0.3, 0.4) is 0 Å². The van der Waals surface area contributed by atoms with Gasteiger partial charge in [-0.2, -0.15) is 0 Å². The van der Waals surface area contributed by atoms with Crippen molar-refractivity contribution in [1.29, 1.82) is 0 Å². The number of carboxylic acids is 1. The summed E-state index contributed by atoms with van der Waals surface area (Å²) in [5, 5.41) is 9.90. The van der Waals surface area contributed by atoms with E-state index in [9.17, 15) is 9.90 Å². The van der Waals surface area contributed by atoms with Crippen LogP contribution in [0.15, 0.2) is 23.8 Å². The Kier molecular flexibility index (Phi) is 8.60. The lowest BCUT2D eigenvalue weighted by Crippen LogP contribution is -2.38. The minimum atomic E-state index is -0.754. The summed E-state index contributed by atoms with van der Waals surface area (Å²) in [7, 11) is 1.67. The second-order valence-corrected chi connectivity index (χ2v) is 7.32. The van der Waals surface area contributed by atoms with Crippen LogP contribution < -0.4 is 0 Å². The molecule has 0 aromatic rings. The Morgan fingerprint density at radius 2 is 2.00 bits per heavy atom. The molecular formula is C20H34O3. The molecular weight excluding hydrogens is 288 g/mol. The van der Waals surface area contributed by atoms with Crippen molar-refractivity contribution in [3.8, 4) is 0 Å². The minimum absolute atomic E-state index is 0.0283. The van der Waals surface area contributed by atoms with Crippen molar-refractivity contribution < 1.29 is 14.6 Å². The third-order valence-corrected chi connectivity index (χ3v) is 4.92. The predicted molar refractivity (Wildman–Crippen MR) is 95.5 cm³/mol. The zero-order valence-corrected chi connectivity index (χ0v) is 15.3. The molecule has 1 aliphatic rings. The maximum Gasteiger partial charge on any atom is 0.314 e. The minimum Gasteiger partial charge on any atom is -0.481 e. The van der Waals surface area contributed by atoms with Crippen LogP contribution in [0.2, 0.25) is 0 Å². The van der Waals surface area contributed by atoms with Gasteiger partial charge in [0.05, 0.1) is 5.41 Å².